The van der Waals surface area contributed by atoms with Gasteiger partial charge in [-0.2, -0.15) is 4.39 Å². The first-order valence-corrected chi connectivity index (χ1v) is 6.54. The number of fused-ring (bicyclic) bond motifs is 2. The standard InChI is InChI=1S/C14H17F2NO2/c1-19-12-5-8(4-11(15)13(12)16)14(18)6-9-2-3-10(7-14)17-9/h4-5,9-10,17-18H,2-3,6-7H2,1H3. The van der Waals surface area contributed by atoms with E-state index in [2.05, 4.69) is 5.32 Å². The van der Waals surface area contributed by atoms with Gasteiger partial charge in [0.2, 0.25) is 5.82 Å². The number of nitrogens with one attached hydrogen (secondary N) is 1. The third-order valence-corrected chi connectivity index (χ3v) is 4.26. The minimum Gasteiger partial charge on any atom is -0.494 e. The highest BCUT2D eigenvalue weighted by Gasteiger charge is 2.44. The number of hydrogen-bond acceptors (Lipinski definition) is 3. The van der Waals surface area contributed by atoms with Gasteiger partial charge in [0, 0.05) is 12.1 Å². The van der Waals surface area contributed by atoms with Crippen molar-refractivity contribution in [2.75, 3.05) is 7.11 Å². The minimum atomic E-state index is -1.10. The van der Waals surface area contributed by atoms with Crippen LogP contribution in [0.25, 0.3) is 0 Å². The van der Waals surface area contributed by atoms with Gasteiger partial charge in [-0.1, -0.05) is 0 Å². The van der Waals surface area contributed by atoms with Crippen molar-refractivity contribution in [2.45, 2.75) is 43.4 Å². The molecule has 2 aliphatic rings. The molecule has 2 fully saturated rings. The van der Waals surface area contributed by atoms with Crippen molar-refractivity contribution in [3.8, 4) is 5.75 Å². The van der Waals surface area contributed by atoms with E-state index >= 15 is 0 Å². The Kier molecular flexibility index (Phi) is 2.98. The average molecular weight is 269 g/mol. The molecule has 19 heavy (non-hydrogen) atoms. The Balaban J connectivity index is 1.99. The van der Waals surface area contributed by atoms with Crippen molar-refractivity contribution in [2.24, 2.45) is 0 Å². The second-order valence-corrected chi connectivity index (χ2v) is 5.55. The van der Waals surface area contributed by atoms with E-state index < -0.39 is 17.2 Å². The zero-order valence-electron chi connectivity index (χ0n) is 10.7. The molecule has 0 aromatic heterocycles. The Morgan fingerprint density at radius 2 is 1.89 bits per heavy atom. The first kappa shape index (κ1) is 12.8. The highest BCUT2D eigenvalue weighted by atomic mass is 19.2. The summed E-state index contributed by atoms with van der Waals surface area (Å²) in [6.07, 6.45) is 3.09. The molecule has 2 bridgehead atoms. The monoisotopic (exact) mass is 269 g/mol. The van der Waals surface area contributed by atoms with Gasteiger partial charge in [-0.05, 0) is 43.4 Å². The fourth-order valence-corrected chi connectivity index (χ4v) is 3.34. The van der Waals surface area contributed by atoms with Crippen molar-refractivity contribution in [3.63, 3.8) is 0 Å². The summed E-state index contributed by atoms with van der Waals surface area (Å²) in [6, 6.07) is 3.00. The molecule has 0 aliphatic carbocycles. The van der Waals surface area contributed by atoms with E-state index in [1.807, 2.05) is 0 Å². The van der Waals surface area contributed by atoms with Crippen LogP contribution in [0.5, 0.6) is 5.75 Å². The van der Waals surface area contributed by atoms with Crippen LogP contribution in [0.1, 0.15) is 31.2 Å². The smallest absolute Gasteiger partial charge is 0.200 e. The molecule has 0 radical (unpaired) electrons. The number of ether oxygens (including phenoxy) is 1. The number of piperidine rings is 1. The molecule has 2 saturated heterocycles. The Bertz CT molecular complexity index is 494. The lowest BCUT2D eigenvalue weighted by molar-refractivity contribution is -0.0119. The van der Waals surface area contributed by atoms with Gasteiger partial charge in [-0.15, -0.1) is 0 Å². The Morgan fingerprint density at radius 1 is 1.26 bits per heavy atom. The highest BCUT2D eigenvalue weighted by molar-refractivity contribution is 5.35. The number of rotatable bonds is 2. The summed E-state index contributed by atoms with van der Waals surface area (Å²) in [5, 5.41) is 14.2. The molecule has 1 aromatic carbocycles. The molecule has 3 nitrogen and oxygen atoms in total. The van der Waals surface area contributed by atoms with Crippen molar-refractivity contribution in [3.05, 3.63) is 29.3 Å². The second-order valence-electron chi connectivity index (χ2n) is 5.55. The van der Waals surface area contributed by atoms with Gasteiger partial charge >= 0.3 is 0 Å². The van der Waals surface area contributed by atoms with Gasteiger partial charge in [0.15, 0.2) is 11.6 Å². The van der Waals surface area contributed by atoms with Crippen LogP contribution in [0, 0.1) is 11.6 Å². The van der Waals surface area contributed by atoms with Crippen LogP contribution in [0.4, 0.5) is 8.78 Å². The van der Waals surface area contributed by atoms with E-state index in [1.165, 1.54) is 13.2 Å². The molecule has 104 valence electrons. The van der Waals surface area contributed by atoms with E-state index in [1.54, 1.807) is 0 Å². The van der Waals surface area contributed by atoms with Crippen LogP contribution in [0.2, 0.25) is 0 Å². The summed E-state index contributed by atoms with van der Waals surface area (Å²) < 4.78 is 31.9. The zero-order valence-corrected chi connectivity index (χ0v) is 10.7. The molecule has 2 unspecified atom stereocenters. The SMILES string of the molecule is COc1cc(C2(O)CC3CCC(C2)N3)cc(F)c1F. The first-order valence-electron chi connectivity index (χ1n) is 6.54. The lowest BCUT2D eigenvalue weighted by Gasteiger charge is -2.37. The maximum Gasteiger partial charge on any atom is 0.200 e. The lowest BCUT2D eigenvalue weighted by atomic mass is 9.81. The van der Waals surface area contributed by atoms with E-state index in [0.717, 1.165) is 18.9 Å². The van der Waals surface area contributed by atoms with Gasteiger partial charge in [0.05, 0.1) is 12.7 Å². The van der Waals surface area contributed by atoms with Crippen LogP contribution in [0.3, 0.4) is 0 Å². The molecule has 3 rings (SSSR count). The van der Waals surface area contributed by atoms with Crippen molar-refractivity contribution < 1.29 is 18.6 Å². The third kappa shape index (κ3) is 2.11. The molecule has 2 N–H and O–H groups in total. The van der Waals surface area contributed by atoms with E-state index in [0.29, 0.717) is 18.4 Å². The summed E-state index contributed by atoms with van der Waals surface area (Å²) >= 11 is 0. The van der Waals surface area contributed by atoms with Gasteiger partial charge in [0.25, 0.3) is 0 Å². The van der Waals surface area contributed by atoms with Crippen LogP contribution in [-0.2, 0) is 5.60 Å². The quantitative estimate of drug-likeness (QED) is 0.863. The molecule has 2 heterocycles. The third-order valence-electron chi connectivity index (χ3n) is 4.26. The number of halogens is 2. The maximum absolute atomic E-state index is 13.6. The van der Waals surface area contributed by atoms with Gasteiger partial charge < -0.3 is 15.2 Å². The molecular weight excluding hydrogens is 252 g/mol. The molecule has 0 amide bonds. The topological polar surface area (TPSA) is 41.5 Å². The normalized spacial score (nSPS) is 33.5. The Morgan fingerprint density at radius 3 is 2.47 bits per heavy atom. The predicted octanol–water partition coefficient (Wildman–Crippen LogP) is 2.08. The number of aliphatic hydroxyl groups is 1. The average Bonchev–Trinajstić information content (AvgIpc) is 2.72. The number of methoxy groups -OCH3 is 1. The molecule has 0 spiro atoms. The molecule has 2 atom stereocenters. The van der Waals surface area contributed by atoms with Gasteiger partial charge in [-0.3, -0.25) is 0 Å². The fourth-order valence-electron chi connectivity index (χ4n) is 3.34. The highest BCUT2D eigenvalue weighted by Crippen LogP contribution is 2.42. The Labute approximate surface area is 110 Å². The van der Waals surface area contributed by atoms with Crippen LogP contribution in [-0.4, -0.2) is 24.3 Å². The molecular formula is C14H17F2NO2. The number of hydrogen-bond donors (Lipinski definition) is 2. The van der Waals surface area contributed by atoms with Crippen LogP contribution >= 0.6 is 0 Å². The van der Waals surface area contributed by atoms with E-state index in [4.69, 9.17) is 4.74 Å². The zero-order chi connectivity index (χ0) is 13.6. The minimum absolute atomic E-state index is 0.158. The summed E-state index contributed by atoms with van der Waals surface area (Å²) in [4.78, 5) is 0. The van der Waals surface area contributed by atoms with Gasteiger partial charge in [-0.25, -0.2) is 4.39 Å². The van der Waals surface area contributed by atoms with Crippen LogP contribution < -0.4 is 10.1 Å². The molecule has 1 aromatic rings. The molecule has 5 heteroatoms. The first-order chi connectivity index (χ1) is 9.01. The van der Waals surface area contributed by atoms with Gasteiger partial charge in [0.1, 0.15) is 0 Å². The summed E-state index contributed by atoms with van der Waals surface area (Å²) in [5.41, 5.74) is -0.694. The summed E-state index contributed by atoms with van der Waals surface area (Å²) in [7, 11) is 1.29. The van der Waals surface area contributed by atoms with Crippen LogP contribution in [0.15, 0.2) is 12.1 Å². The molecule has 2 aliphatic heterocycles. The van der Waals surface area contributed by atoms with E-state index in [9.17, 15) is 13.9 Å². The fraction of sp³-hybridized carbons (Fsp3) is 0.571. The van der Waals surface area contributed by atoms with Crippen molar-refractivity contribution in [1.82, 2.24) is 5.32 Å². The largest absolute Gasteiger partial charge is 0.494 e. The lowest BCUT2D eigenvalue weighted by Crippen LogP contribution is -2.46. The second kappa shape index (κ2) is 4.42. The number of benzene rings is 1. The summed E-state index contributed by atoms with van der Waals surface area (Å²) in [6.45, 7) is 0. The Hall–Kier alpha value is -1.20. The summed E-state index contributed by atoms with van der Waals surface area (Å²) in [5.74, 6) is -2.14. The predicted molar refractivity (Wildman–Crippen MR) is 66.0 cm³/mol. The van der Waals surface area contributed by atoms with Crippen molar-refractivity contribution >= 4 is 0 Å². The van der Waals surface area contributed by atoms with Crippen molar-refractivity contribution in [1.29, 1.82) is 0 Å². The van der Waals surface area contributed by atoms with E-state index in [-0.39, 0.29) is 17.8 Å². The maximum atomic E-state index is 13.6. The molecule has 0 saturated carbocycles.